The Labute approximate surface area is 154 Å². The van der Waals surface area contributed by atoms with Crippen molar-refractivity contribution in [2.45, 2.75) is 13.8 Å². The zero-order chi connectivity index (χ0) is 18.6. The van der Waals surface area contributed by atoms with E-state index >= 15 is 0 Å². The van der Waals surface area contributed by atoms with Gasteiger partial charge >= 0.3 is 0 Å². The van der Waals surface area contributed by atoms with E-state index in [0.29, 0.717) is 27.1 Å². The van der Waals surface area contributed by atoms with Crippen LogP contribution in [0.3, 0.4) is 0 Å². The first-order valence-electron chi connectivity index (χ1n) is 7.21. The molecule has 0 saturated heterocycles. The highest BCUT2D eigenvalue weighted by Gasteiger charge is 2.11. The molecule has 0 atom stereocenters. The minimum atomic E-state index is -0.433. The monoisotopic (exact) mass is 379 g/mol. The predicted molar refractivity (Wildman–Crippen MR) is 99.5 cm³/mol. The smallest absolute Gasteiger partial charge is 0.255 e. The molecule has 2 rings (SSSR count). The number of carbonyl (C=O) groups excluding carboxylic acids is 3. The summed E-state index contributed by atoms with van der Waals surface area (Å²) in [5.74, 6) is -1.02. The average Bonchev–Trinajstić information content (AvgIpc) is 2.49. The van der Waals surface area contributed by atoms with Gasteiger partial charge in [-0.1, -0.05) is 23.2 Å². The van der Waals surface area contributed by atoms with E-state index in [4.69, 9.17) is 23.2 Å². The van der Waals surface area contributed by atoms with Gasteiger partial charge in [0.2, 0.25) is 11.8 Å². The molecule has 0 aromatic heterocycles. The van der Waals surface area contributed by atoms with Crippen molar-refractivity contribution < 1.29 is 14.4 Å². The molecule has 0 radical (unpaired) electrons. The molecule has 2 aromatic rings. The predicted octanol–water partition coefficient (Wildman–Crippen LogP) is 4.16. The third-order valence-electron chi connectivity index (χ3n) is 3.01. The molecule has 8 heteroatoms. The summed E-state index contributed by atoms with van der Waals surface area (Å²) in [6.07, 6.45) is 0. The lowest BCUT2D eigenvalue weighted by Gasteiger charge is -2.11. The highest BCUT2D eigenvalue weighted by molar-refractivity contribution is 6.42. The summed E-state index contributed by atoms with van der Waals surface area (Å²) in [6, 6.07) is 9.25. The molecule has 25 heavy (non-hydrogen) atoms. The van der Waals surface area contributed by atoms with Crippen LogP contribution in [0.1, 0.15) is 24.2 Å². The van der Waals surface area contributed by atoms with Gasteiger partial charge in [-0.25, -0.2) is 0 Å². The summed E-state index contributed by atoms with van der Waals surface area (Å²) >= 11 is 11.8. The van der Waals surface area contributed by atoms with Gasteiger partial charge in [-0.2, -0.15) is 0 Å². The van der Waals surface area contributed by atoms with Gasteiger partial charge in [-0.3, -0.25) is 14.4 Å². The molecule has 0 saturated carbocycles. The SMILES string of the molecule is CC(=O)Nc1cc(NC(C)=O)cc(C(=O)Nc2ccc(Cl)c(Cl)c2)c1. The molecular formula is C17H15Cl2N3O3. The van der Waals surface area contributed by atoms with Crippen LogP contribution in [0.25, 0.3) is 0 Å². The fourth-order valence-electron chi connectivity index (χ4n) is 2.09. The molecule has 0 fully saturated rings. The van der Waals surface area contributed by atoms with Gasteiger partial charge in [0, 0.05) is 36.5 Å². The maximum atomic E-state index is 12.5. The second-order valence-corrected chi connectivity index (χ2v) is 6.06. The van der Waals surface area contributed by atoms with Crippen LogP contribution in [0.5, 0.6) is 0 Å². The number of amides is 3. The van der Waals surface area contributed by atoms with Gasteiger partial charge in [0.05, 0.1) is 10.0 Å². The number of nitrogens with one attached hydrogen (secondary N) is 3. The fourth-order valence-corrected chi connectivity index (χ4v) is 2.38. The quantitative estimate of drug-likeness (QED) is 0.744. The Hall–Kier alpha value is -2.57. The van der Waals surface area contributed by atoms with E-state index in [0.717, 1.165) is 0 Å². The van der Waals surface area contributed by atoms with Crippen LogP contribution in [0.2, 0.25) is 10.0 Å². The molecule has 0 aliphatic rings. The summed E-state index contributed by atoms with van der Waals surface area (Å²) in [5.41, 5.74) is 1.49. The van der Waals surface area contributed by atoms with E-state index in [2.05, 4.69) is 16.0 Å². The van der Waals surface area contributed by atoms with Crippen LogP contribution in [-0.4, -0.2) is 17.7 Å². The molecule has 0 heterocycles. The first kappa shape index (κ1) is 18.8. The zero-order valence-electron chi connectivity index (χ0n) is 13.4. The van der Waals surface area contributed by atoms with Gasteiger partial charge < -0.3 is 16.0 Å². The third-order valence-corrected chi connectivity index (χ3v) is 3.75. The number of hydrogen-bond acceptors (Lipinski definition) is 3. The molecular weight excluding hydrogens is 365 g/mol. The van der Waals surface area contributed by atoms with Crippen LogP contribution in [0.4, 0.5) is 17.1 Å². The van der Waals surface area contributed by atoms with E-state index in [9.17, 15) is 14.4 Å². The van der Waals surface area contributed by atoms with Crippen molar-refractivity contribution in [2.75, 3.05) is 16.0 Å². The maximum Gasteiger partial charge on any atom is 0.255 e. The second kappa shape index (κ2) is 8.00. The van der Waals surface area contributed by atoms with E-state index in [1.54, 1.807) is 18.2 Å². The third kappa shape index (κ3) is 5.48. The first-order chi connectivity index (χ1) is 11.7. The highest BCUT2D eigenvalue weighted by Crippen LogP contribution is 2.26. The first-order valence-corrected chi connectivity index (χ1v) is 7.97. The van der Waals surface area contributed by atoms with Gasteiger partial charge in [0.15, 0.2) is 0 Å². The van der Waals surface area contributed by atoms with Crippen LogP contribution in [0, 0.1) is 0 Å². The number of rotatable bonds is 4. The Morgan fingerprint density at radius 3 is 1.76 bits per heavy atom. The Bertz CT molecular complexity index is 819. The van der Waals surface area contributed by atoms with Crippen LogP contribution in [0.15, 0.2) is 36.4 Å². The van der Waals surface area contributed by atoms with Gasteiger partial charge in [0.25, 0.3) is 5.91 Å². The van der Waals surface area contributed by atoms with E-state index in [1.165, 1.54) is 32.0 Å². The van der Waals surface area contributed by atoms with Crippen molar-refractivity contribution >= 4 is 58.0 Å². The molecule has 0 bridgehead atoms. The highest BCUT2D eigenvalue weighted by atomic mass is 35.5. The van der Waals surface area contributed by atoms with Gasteiger partial charge in [0.1, 0.15) is 0 Å². The van der Waals surface area contributed by atoms with E-state index in [-0.39, 0.29) is 17.4 Å². The molecule has 0 aliphatic carbocycles. The topological polar surface area (TPSA) is 87.3 Å². The summed E-state index contributed by atoms with van der Waals surface area (Å²) in [6.45, 7) is 2.70. The molecule has 0 spiro atoms. The largest absolute Gasteiger partial charge is 0.326 e. The lowest BCUT2D eigenvalue weighted by atomic mass is 10.1. The van der Waals surface area contributed by atoms with E-state index in [1.807, 2.05) is 0 Å². The van der Waals surface area contributed by atoms with Crippen LogP contribution in [-0.2, 0) is 9.59 Å². The minimum absolute atomic E-state index is 0.251. The summed E-state index contributed by atoms with van der Waals surface area (Å²) in [5, 5.41) is 8.54. The lowest BCUT2D eigenvalue weighted by Crippen LogP contribution is -2.15. The Balaban J connectivity index is 2.31. The number of anilines is 3. The standard InChI is InChI=1S/C17H15Cl2N3O3/c1-9(23)20-13-5-11(6-14(7-13)21-10(2)24)17(25)22-12-3-4-15(18)16(19)8-12/h3-8H,1-2H3,(H,20,23)(H,21,24)(H,22,25). The number of halogens is 2. The number of carbonyl (C=O) groups is 3. The lowest BCUT2D eigenvalue weighted by molar-refractivity contribution is -0.115. The summed E-state index contributed by atoms with van der Waals surface area (Å²) in [4.78, 5) is 35.0. The van der Waals surface area contributed by atoms with Crippen molar-refractivity contribution in [1.82, 2.24) is 0 Å². The molecule has 130 valence electrons. The van der Waals surface area contributed by atoms with Crippen molar-refractivity contribution in [2.24, 2.45) is 0 Å². The van der Waals surface area contributed by atoms with Crippen molar-refractivity contribution in [3.8, 4) is 0 Å². The molecule has 3 N–H and O–H groups in total. The fraction of sp³-hybridized carbons (Fsp3) is 0.118. The van der Waals surface area contributed by atoms with Crippen LogP contribution >= 0.6 is 23.2 Å². The van der Waals surface area contributed by atoms with Crippen LogP contribution < -0.4 is 16.0 Å². The molecule has 2 aromatic carbocycles. The van der Waals surface area contributed by atoms with Crippen molar-refractivity contribution in [3.05, 3.63) is 52.0 Å². The molecule has 6 nitrogen and oxygen atoms in total. The van der Waals surface area contributed by atoms with Gasteiger partial charge in [-0.15, -0.1) is 0 Å². The normalized spacial score (nSPS) is 10.1. The average molecular weight is 380 g/mol. The molecule has 3 amide bonds. The Kier molecular flexibility index (Phi) is 6.01. The van der Waals surface area contributed by atoms with Gasteiger partial charge in [-0.05, 0) is 36.4 Å². The van der Waals surface area contributed by atoms with E-state index < -0.39 is 5.91 Å². The minimum Gasteiger partial charge on any atom is -0.326 e. The zero-order valence-corrected chi connectivity index (χ0v) is 15.0. The maximum absolute atomic E-state index is 12.5. The number of benzene rings is 2. The molecule has 0 aliphatic heterocycles. The van der Waals surface area contributed by atoms with Crippen molar-refractivity contribution in [3.63, 3.8) is 0 Å². The Morgan fingerprint density at radius 2 is 1.28 bits per heavy atom. The van der Waals surface area contributed by atoms with Crippen molar-refractivity contribution in [1.29, 1.82) is 0 Å². The number of hydrogen-bond donors (Lipinski definition) is 3. The summed E-state index contributed by atoms with van der Waals surface area (Å²) in [7, 11) is 0. The molecule has 0 unspecified atom stereocenters. The Morgan fingerprint density at radius 1 is 0.720 bits per heavy atom. The summed E-state index contributed by atoms with van der Waals surface area (Å²) < 4.78 is 0. The second-order valence-electron chi connectivity index (χ2n) is 5.24.